The van der Waals surface area contributed by atoms with E-state index in [2.05, 4.69) is 0 Å². The molecule has 26 heavy (non-hydrogen) atoms. The summed E-state index contributed by atoms with van der Waals surface area (Å²) in [5.41, 5.74) is 1.32. The third kappa shape index (κ3) is 3.58. The second kappa shape index (κ2) is 7.70. The molecule has 6 heteroatoms. The van der Waals surface area contributed by atoms with Gasteiger partial charge in [0.15, 0.2) is 5.60 Å². The van der Waals surface area contributed by atoms with Crippen LogP contribution < -0.4 is 0 Å². The molecule has 0 bridgehead atoms. The van der Waals surface area contributed by atoms with Gasteiger partial charge in [0.1, 0.15) is 12.4 Å². The summed E-state index contributed by atoms with van der Waals surface area (Å²) in [6.07, 6.45) is 0.312. The largest absolute Gasteiger partial charge is 0.482 e. The van der Waals surface area contributed by atoms with Crippen LogP contribution in [0.15, 0.2) is 59.9 Å². The normalized spacial score (nSPS) is 15.7. The zero-order chi connectivity index (χ0) is 18.7. The van der Waals surface area contributed by atoms with Crippen molar-refractivity contribution in [3.63, 3.8) is 0 Å². The Morgan fingerprint density at radius 3 is 2.04 bits per heavy atom. The van der Waals surface area contributed by atoms with Crippen molar-refractivity contribution in [2.45, 2.75) is 18.9 Å². The van der Waals surface area contributed by atoms with Crippen molar-refractivity contribution in [3.05, 3.63) is 81.0 Å². The Balaban J connectivity index is 2.03. The average molecular weight is 393 g/mol. The number of halogens is 2. The zero-order valence-corrected chi connectivity index (χ0v) is 15.7. The molecule has 2 aromatic carbocycles. The van der Waals surface area contributed by atoms with Gasteiger partial charge in [0.05, 0.1) is 12.2 Å². The summed E-state index contributed by atoms with van der Waals surface area (Å²) in [7, 11) is 0. The molecule has 0 radical (unpaired) electrons. The lowest BCUT2D eigenvalue weighted by Gasteiger charge is -2.31. The first-order valence-corrected chi connectivity index (χ1v) is 8.91. The predicted octanol–water partition coefficient (Wildman–Crippen LogP) is 4.47. The highest BCUT2D eigenvalue weighted by Gasteiger charge is 2.45. The van der Waals surface area contributed by atoms with Gasteiger partial charge < -0.3 is 14.6 Å². The third-order valence-electron chi connectivity index (χ3n) is 4.37. The van der Waals surface area contributed by atoms with Gasteiger partial charge in [-0.3, -0.25) is 0 Å². The number of allylic oxidation sites excluding steroid dienone is 1. The number of aliphatic hydroxyl groups excluding tert-OH is 1. The van der Waals surface area contributed by atoms with Crippen LogP contribution in [0.4, 0.5) is 0 Å². The molecule has 0 saturated heterocycles. The van der Waals surface area contributed by atoms with Crippen molar-refractivity contribution < 1.29 is 19.4 Å². The van der Waals surface area contributed by atoms with Crippen molar-refractivity contribution in [1.29, 1.82) is 0 Å². The van der Waals surface area contributed by atoms with Gasteiger partial charge >= 0.3 is 5.97 Å². The van der Waals surface area contributed by atoms with E-state index in [0.29, 0.717) is 27.8 Å². The van der Waals surface area contributed by atoms with E-state index in [4.69, 9.17) is 37.8 Å². The van der Waals surface area contributed by atoms with Crippen molar-refractivity contribution >= 4 is 29.2 Å². The van der Waals surface area contributed by atoms with E-state index < -0.39 is 11.6 Å². The minimum atomic E-state index is -0.868. The Bertz CT molecular complexity index is 780. The second-order valence-electron chi connectivity index (χ2n) is 6.01. The maximum absolute atomic E-state index is 12.4. The lowest BCUT2D eigenvalue weighted by atomic mass is 9.82. The Morgan fingerprint density at radius 1 is 1.08 bits per heavy atom. The van der Waals surface area contributed by atoms with Crippen molar-refractivity contribution in [3.8, 4) is 0 Å². The molecular formula is C20H18Cl2O4. The van der Waals surface area contributed by atoms with Gasteiger partial charge in [-0.2, -0.15) is 0 Å². The quantitative estimate of drug-likeness (QED) is 0.762. The van der Waals surface area contributed by atoms with Crippen molar-refractivity contribution in [2.24, 2.45) is 0 Å². The number of rotatable bonds is 5. The SMILES string of the molecule is CC1=C(C(=O)OCCO)CC(c2ccc(Cl)cc2)(c2ccc(Cl)cc2)O1. The summed E-state index contributed by atoms with van der Waals surface area (Å²) in [6, 6.07) is 14.7. The van der Waals surface area contributed by atoms with Crippen LogP contribution in [0, 0.1) is 0 Å². The molecule has 0 aromatic heterocycles. The molecule has 1 aliphatic heterocycles. The number of esters is 1. The van der Waals surface area contributed by atoms with Gasteiger partial charge in [0, 0.05) is 27.6 Å². The van der Waals surface area contributed by atoms with E-state index >= 15 is 0 Å². The zero-order valence-electron chi connectivity index (χ0n) is 14.2. The number of hydrogen-bond donors (Lipinski definition) is 1. The van der Waals surface area contributed by atoms with Gasteiger partial charge in [-0.05, 0) is 31.2 Å². The minimum Gasteiger partial charge on any atom is -0.482 e. The first kappa shape index (κ1) is 18.8. The topological polar surface area (TPSA) is 55.8 Å². The Hall–Kier alpha value is -2.01. The van der Waals surface area contributed by atoms with Gasteiger partial charge in [-0.25, -0.2) is 4.79 Å². The molecule has 136 valence electrons. The summed E-state index contributed by atoms with van der Waals surface area (Å²) < 4.78 is 11.3. The number of benzene rings is 2. The number of aliphatic hydroxyl groups is 1. The monoisotopic (exact) mass is 392 g/mol. The van der Waals surface area contributed by atoms with E-state index in [1.165, 1.54) is 0 Å². The van der Waals surface area contributed by atoms with E-state index in [1.54, 1.807) is 31.2 Å². The standard InChI is InChI=1S/C20H18Cl2O4/c1-13-18(19(24)25-11-10-23)12-20(26-13,14-2-6-16(21)7-3-14)15-4-8-17(22)9-5-15/h2-9,23H,10-12H2,1H3. The Morgan fingerprint density at radius 2 is 1.58 bits per heavy atom. The highest BCUT2D eigenvalue weighted by atomic mass is 35.5. The van der Waals surface area contributed by atoms with Crippen LogP contribution in [-0.4, -0.2) is 24.3 Å². The van der Waals surface area contributed by atoms with Crippen LogP contribution in [0.3, 0.4) is 0 Å². The van der Waals surface area contributed by atoms with Gasteiger partial charge in [-0.15, -0.1) is 0 Å². The first-order valence-electron chi connectivity index (χ1n) is 8.15. The third-order valence-corrected chi connectivity index (χ3v) is 4.87. The molecule has 0 aliphatic carbocycles. The molecule has 0 spiro atoms. The molecule has 1 N–H and O–H groups in total. The summed E-state index contributed by atoms with van der Waals surface area (Å²) in [4.78, 5) is 12.4. The van der Waals surface area contributed by atoms with Gasteiger partial charge in [0.2, 0.25) is 0 Å². The molecule has 4 nitrogen and oxygen atoms in total. The number of hydrogen-bond acceptors (Lipinski definition) is 4. The molecule has 1 aliphatic rings. The molecule has 0 fully saturated rings. The molecular weight excluding hydrogens is 375 g/mol. The van der Waals surface area contributed by atoms with Crippen LogP contribution in [0.25, 0.3) is 0 Å². The summed E-state index contributed by atoms with van der Waals surface area (Å²) in [6.45, 7) is 1.46. The maximum atomic E-state index is 12.4. The predicted molar refractivity (Wildman–Crippen MR) is 100 cm³/mol. The van der Waals surface area contributed by atoms with Crippen LogP contribution in [-0.2, 0) is 19.9 Å². The number of carbonyl (C=O) groups is 1. The Kier molecular flexibility index (Phi) is 5.56. The van der Waals surface area contributed by atoms with Crippen molar-refractivity contribution in [2.75, 3.05) is 13.2 Å². The van der Waals surface area contributed by atoms with Crippen LogP contribution in [0.1, 0.15) is 24.5 Å². The summed E-state index contributed by atoms with van der Waals surface area (Å²) in [5, 5.41) is 10.1. The van der Waals surface area contributed by atoms with Gasteiger partial charge in [-0.1, -0.05) is 47.5 Å². The molecule has 0 amide bonds. The molecule has 3 rings (SSSR count). The first-order chi connectivity index (χ1) is 12.5. The molecule has 0 unspecified atom stereocenters. The average Bonchev–Trinajstić information content (AvgIpc) is 2.99. The summed E-state index contributed by atoms with van der Waals surface area (Å²) >= 11 is 12.1. The minimum absolute atomic E-state index is 0.0511. The van der Waals surface area contributed by atoms with Crippen molar-refractivity contribution in [1.82, 2.24) is 0 Å². The van der Waals surface area contributed by atoms with E-state index in [-0.39, 0.29) is 13.2 Å². The second-order valence-corrected chi connectivity index (χ2v) is 6.89. The molecule has 0 atom stereocenters. The smallest absolute Gasteiger partial charge is 0.337 e. The van der Waals surface area contributed by atoms with E-state index in [0.717, 1.165) is 11.1 Å². The lowest BCUT2D eigenvalue weighted by Crippen LogP contribution is -2.28. The molecule has 0 saturated carbocycles. The summed E-state index contributed by atoms with van der Waals surface area (Å²) in [5.74, 6) is 0.0131. The van der Waals surface area contributed by atoms with E-state index in [9.17, 15) is 4.79 Å². The molecule has 1 heterocycles. The van der Waals surface area contributed by atoms with Crippen LogP contribution in [0.5, 0.6) is 0 Å². The highest BCUT2D eigenvalue weighted by molar-refractivity contribution is 6.30. The fourth-order valence-electron chi connectivity index (χ4n) is 3.10. The number of carbonyl (C=O) groups excluding carboxylic acids is 1. The van der Waals surface area contributed by atoms with Gasteiger partial charge in [0.25, 0.3) is 0 Å². The fraction of sp³-hybridized carbons (Fsp3) is 0.250. The van der Waals surface area contributed by atoms with Crippen LogP contribution in [0.2, 0.25) is 10.0 Å². The number of ether oxygens (including phenoxy) is 2. The molecule has 2 aromatic rings. The maximum Gasteiger partial charge on any atom is 0.337 e. The van der Waals surface area contributed by atoms with Crippen LogP contribution >= 0.6 is 23.2 Å². The Labute approximate surface area is 162 Å². The lowest BCUT2D eigenvalue weighted by molar-refractivity contribution is -0.140. The highest BCUT2D eigenvalue weighted by Crippen LogP contribution is 2.47. The van der Waals surface area contributed by atoms with E-state index in [1.807, 2.05) is 24.3 Å². The fourth-order valence-corrected chi connectivity index (χ4v) is 3.35.